The predicted octanol–water partition coefficient (Wildman–Crippen LogP) is 2.91. The first-order valence-corrected chi connectivity index (χ1v) is 9.83. The maximum absolute atomic E-state index is 12.6. The molecule has 2 heterocycles. The summed E-state index contributed by atoms with van der Waals surface area (Å²) in [4.78, 5) is 30.3. The van der Waals surface area contributed by atoms with Gasteiger partial charge in [0.25, 0.3) is 0 Å². The number of hydrogen-bond donors (Lipinski definition) is 1. The number of nitrogens with one attached hydrogen (secondary N) is 1. The van der Waals surface area contributed by atoms with Crippen molar-refractivity contribution in [3.05, 3.63) is 89.6 Å². The van der Waals surface area contributed by atoms with Gasteiger partial charge in [-0.15, -0.1) is 0 Å². The number of carbonyl (C=O) groups is 2. The van der Waals surface area contributed by atoms with Gasteiger partial charge in [-0.25, -0.2) is 9.67 Å². The third kappa shape index (κ3) is 4.46. The van der Waals surface area contributed by atoms with Gasteiger partial charge in [-0.3, -0.25) is 9.59 Å². The van der Waals surface area contributed by atoms with Crippen molar-refractivity contribution in [2.75, 3.05) is 0 Å². The van der Waals surface area contributed by atoms with Crippen molar-refractivity contribution < 1.29 is 9.59 Å². The molecule has 2 aromatic carbocycles. The molecule has 0 spiro atoms. The Morgan fingerprint density at radius 3 is 2.57 bits per heavy atom. The predicted molar refractivity (Wildman–Crippen MR) is 113 cm³/mol. The van der Waals surface area contributed by atoms with E-state index in [0.29, 0.717) is 13.1 Å². The number of amides is 2. The van der Waals surface area contributed by atoms with Crippen molar-refractivity contribution in [1.82, 2.24) is 25.0 Å². The summed E-state index contributed by atoms with van der Waals surface area (Å²) in [5, 5.41) is 7.07. The van der Waals surface area contributed by atoms with Gasteiger partial charge >= 0.3 is 0 Å². The summed E-state index contributed by atoms with van der Waals surface area (Å²) in [6.45, 7) is 2.61. The van der Waals surface area contributed by atoms with Gasteiger partial charge in [-0.2, -0.15) is 5.10 Å². The molecule has 152 valence electrons. The lowest BCUT2D eigenvalue weighted by atomic mass is 9.93. The monoisotopic (exact) mass is 401 g/mol. The van der Waals surface area contributed by atoms with Crippen LogP contribution in [0.4, 0.5) is 0 Å². The Bertz CT molecular complexity index is 1060. The molecule has 1 aliphatic heterocycles. The van der Waals surface area contributed by atoms with Gasteiger partial charge in [0.05, 0.1) is 19.0 Å². The minimum absolute atomic E-state index is 0.0819. The largest absolute Gasteiger partial charge is 0.352 e. The van der Waals surface area contributed by atoms with Gasteiger partial charge in [-0.1, -0.05) is 48.5 Å². The molecule has 1 atom stereocenters. The second-order valence-electron chi connectivity index (χ2n) is 7.28. The Balaban J connectivity index is 1.37. The van der Waals surface area contributed by atoms with Crippen LogP contribution in [0.1, 0.15) is 41.6 Å². The molecule has 1 aliphatic rings. The standard InChI is InChI=1S/C23H23N5O2/c1-17(29)28-11-10-20-4-2-3-5-21(20)22(28)12-23(30)25-13-18-6-8-19(9-7-18)14-27-16-24-15-26-27/h2-11,15-16,22H,12-14H2,1H3,(H,25,30). The molecule has 7 heteroatoms. The molecule has 7 nitrogen and oxygen atoms in total. The Morgan fingerprint density at radius 2 is 1.83 bits per heavy atom. The SMILES string of the molecule is CC(=O)N1C=Cc2ccccc2C1CC(=O)NCc1ccc(Cn2cncn2)cc1. The van der Waals surface area contributed by atoms with Gasteiger partial charge < -0.3 is 10.2 Å². The number of hydrogen-bond acceptors (Lipinski definition) is 4. The van der Waals surface area contributed by atoms with Crippen molar-refractivity contribution >= 4 is 17.9 Å². The zero-order chi connectivity index (χ0) is 20.9. The van der Waals surface area contributed by atoms with E-state index < -0.39 is 0 Å². The Hall–Kier alpha value is -3.74. The van der Waals surface area contributed by atoms with Crippen LogP contribution >= 0.6 is 0 Å². The molecule has 30 heavy (non-hydrogen) atoms. The second-order valence-corrected chi connectivity index (χ2v) is 7.28. The first kappa shape index (κ1) is 19.6. The number of carbonyl (C=O) groups excluding carboxylic acids is 2. The van der Waals surface area contributed by atoms with E-state index in [1.165, 1.54) is 13.3 Å². The number of rotatable bonds is 6. The Kier molecular flexibility index (Phi) is 5.70. The first-order valence-electron chi connectivity index (χ1n) is 9.83. The van der Waals surface area contributed by atoms with E-state index in [0.717, 1.165) is 22.3 Å². The summed E-state index contributed by atoms with van der Waals surface area (Å²) in [6.07, 6.45) is 7.07. The van der Waals surface area contributed by atoms with Crippen LogP contribution < -0.4 is 5.32 Å². The van der Waals surface area contributed by atoms with E-state index >= 15 is 0 Å². The highest BCUT2D eigenvalue weighted by Crippen LogP contribution is 2.32. The number of aromatic nitrogens is 3. The van der Waals surface area contributed by atoms with E-state index in [1.54, 1.807) is 22.1 Å². The van der Waals surface area contributed by atoms with Gasteiger partial charge in [0.1, 0.15) is 12.7 Å². The third-order valence-electron chi connectivity index (χ3n) is 5.17. The minimum Gasteiger partial charge on any atom is -0.352 e. The third-order valence-corrected chi connectivity index (χ3v) is 5.17. The lowest BCUT2D eigenvalue weighted by Gasteiger charge is -2.32. The summed E-state index contributed by atoms with van der Waals surface area (Å²) in [5.41, 5.74) is 4.15. The molecular weight excluding hydrogens is 378 g/mol. The second kappa shape index (κ2) is 8.73. The summed E-state index contributed by atoms with van der Waals surface area (Å²) in [5.74, 6) is -0.176. The van der Waals surface area contributed by atoms with Gasteiger partial charge in [0.15, 0.2) is 0 Å². The molecule has 0 fully saturated rings. The molecule has 1 unspecified atom stereocenters. The van der Waals surface area contributed by atoms with E-state index in [1.807, 2.05) is 54.6 Å². The molecule has 1 N–H and O–H groups in total. The fourth-order valence-electron chi connectivity index (χ4n) is 3.63. The van der Waals surface area contributed by atoms with Crippen molar-refractivity contribution in [1.29, 1.82) is 0 Å². The van der Waals surface area contributed by atoms with Crippen molar-refractivity contribution in [3.8, 4) is 0 Å². The Labute approximate surface area is 175 Å². The van der Waals surface area contributed by atoms with Gasteiger partial charge in [-0.05, 0) is 28.3 Å². The summed E-state index contributed by atoms with van der Waals surface area (Å²) in [6, 6.07) is 15.6. The quantitative estimate of drug-likeness (QED) is 0.689. The van der Waals surface area contributed by atoms with E-state index in [4.69, 9.17) is 0 Å². The lowest BCUT2D eigenvalue weighted by Crippen LogP contribution is -2.35. The maximum atomic E-state index is 12.6. The lowest BCUT2D eigenvalue weighted by molar-refractivity contribution is -0.130. The van der Waals surface area contributed by atoms with Crippen LogP contribution in [0, 0.1) is 0 Å². The fraction of sp³-hybridized carbons (Fsp3) is 0.217. The van der Waals surface area contributed by atoms with E-state index in [9.17, 15) is 9.59 Å². The molecular formula is C23H23N5O2. The highest BCUT2D eigenvalue weighted by atomic mass is 16.2. The van der Waals surface area contributed by atoms with Crippen LogP contribution in [0.25, 0.3) is 6.08 Å². The number of fused-ring (bicyclic) bond motifs is 1. The van der Waals surface area contributed by atoms with Crippen molar-refractivity contribution in [2.24, 2.45) is 0 Å². The molecule has 1 aromatic heterocycles. The average Bonchev–Trinajstić information content (AvgIpc) is 3.26. The highest BCUT2D eigenvalue weighted by molar-refractivity contribution is 5.81. The molecule has 0 bridgehead atoms. The first-order chi connectivity index (χ1) is 14.6. The maximum Gasteiger partial charge on any atom is 0.223 e. The fourth-order valence-corrected chi connectivity index (χ4v) is 3.63. The number of nitrogens with zero attached hydrogens (tertiary/aromatic N) is 4. The molecule has 4 rings (SSSR count). The van der Waals surface area contributed by atoms with Crippen LogP contribution in [-0.2, 0) is 22.7 Å². The van der Waals surface area contributed by atoms with Crippen LogP contribution in [0.15, 0.2) is 67.4 Å². The van der Waals surface area contributed by atoms with Crippen LogP contribution in [0.3, 0.4) is 0 Å². The van der Waals surface area contributed by atoms with E-state index in [2.05, 4.69) is 15.4 Å². The highest BCUT2D eigenvalue weighted by Gasteiger charge is 2.27. The van der Waals surface area contributed by atoms with Crippen molar-refractivity contribution in [3.63, 3.8) is 0 Å². The van der Waals surface area contributed by atoms with Crippen LogP contribution in [0.5, 0.6) is 0 Å². The van der Waals surface area contributed by atoms with Gasteiger partial charge in [0, 0.05) is 19.7 Å². The van der Waals surface area contributed by atoms with Gasteiger partial charge in [0.2, 0.25) is 11.8 Å². The molecule has 0 saturated heterocycles. The summed E-state index contributed by atoms with van der Waals surface area (Å²) in [7, 11) is 0. The molecule has 3 aromatic rings. The zero-order valence-electron chi connectivity index (χ0n) is 16.7. The number of benzene rings is 2. The molecule has 2 amide bonds. The molecule has 0 saturated carbocycles. The van der Waals surface area contributed by atoms with E-state index in [-0.39, 0.29) is 24.3 Å². The zero-order valence-corrected chi connectivity index (χ0v) is 16.7. The normalized spacial score (nSPS) is 15.0. The van der Waals surface area contributed by atoms with Crippen LogP contribution in [0.2, 0.25) is 0 Å². The molecule has 0 aliphatic carbocycles. The summed E-state index contributed by atoms with van der Waals surface area (Å²) >= 11 is 0. The summed E-state index contributed by atoms with van der Waals surface area (Å²) < 4.78 is 1.76. The van der Waals surface area contributed by atoms with Crippen molar-refractivity contribution in [2.45, 2.75) is 32.5 Å². The average molecular weight is 401 g/mol. The molecule has 0 radical (unpaired) electrons. The van der Waals surface area contributed by atoms with Crippen LogP contribution in [-0.4, -0.2) is 31.5 Å². The Morgan fingerprint density at radius 1 is 1.07 bits per heavy atom. The topological polar surface area (TPSA) is 80.1 Å². The smallest absolute Gasteiger partial charge is 0.223 e. The minimum atomic E-state index is -0.297.